The molecule has 137 heavy (non-hydrogen) atoms. The lowest BCUT2D eigenvalue weighted by Gasteiger charge is -2.37. The van der Waals surface area contributed by atoms with Gasteiger partial charge < -0.3 is 50.1 Å². The predicted octanol–water partition coefficient (Wildman–Crippen LogP) is 17.8. The summed E-state index contributed by atoms with van der Waals surface area (Å²) in [6.07, 6.45) is -0.399. The fraction of sp³-hybridized carbons (Fsp3) is 0.384. The minimum absolute atomic E-state index is 0.00218. The number of aryl methyl sites for hydroxylation is 2. The molecule has 0 aliphatic carbocycles. The standard InChI is InChI=1S/C76H84N2O15.C18H18O4.C14H15O3.C4H11N/c1-8-56(49-21-13-9-14-22-49)68(75(89)92-38-37-91-55-35-33-54(34-36-55)64(80)42-63(79)53-31-29-47(6)30-32-53)62(73(86)87)41-59(52-27-19-12-20-28-52)67-60(70(82)78(71(67)83)44-46(4)5)39-58(51-25-17-11-18-26-51)66(69(81)77-43-45(2)3)61(72(84)85)40-57(50-23-15-10-16-24-50)65-48(7)74(88)93-76(65)90;1-13-2-4-14(5-3-13)17(20)12-18(21)15-6-8-16(9-7-15)22-11-10-19;1-3-11(10-7-5-4-6-8-10)12-9(2)13(15)17-14(12)16;1-4(2)3-5/h9-36,45-46,48,56-62,65-68H,8,37-44H2,1-7H3,(H,77,81)(H,84,85)(H,86,87);2-9,19H,10-12H2,1H3;4-9,11-12H,2-3H2,1H3;4H,3,5H2,1-2H3/q;;+1;. The highest BCUT2D eigenvalue weighted by molar-refractivity contribution is 6.14. The molecule has 3 amide bonds. The van der Waals surface area contributed by atoms with Crippen LogP contribution in [0.15, 0.2) is 249 Å². The van der Waals surface area contributed by atoms with E-state index in [-0.39, 0.29) is 119 Å². The molecule has 3 aliphatic rings. The minimum atomic E-state index is -1.59. The maximum absolute atomic E-state index is 15.7. The van der Waals surface area contributed by atoms with Crippen LogP contribution in [0, 0.1) is 97.7 Å². The van der Waals surface area contributed by atoms with Gasteiger partial charge in [0.15, 0.2) is 23.1 Å². The van der Waals surface area contributed by atoms with Crippen LogP contribution >= 0.6 is 0 Å². The Morgan fingerprint density at radius 2 is 0.818 bits per heavy atom. The smallest absolute Gasteiger partial charge is 0.362 e. The third kappa shape index (κ3) is 29.7. The van der Waals surface area contributed by atoms with Crippen molar-refractivity contribution in [1.29, 1.82) is 0 Å². The Morgan fingerprint density at radius 1 is 0.438 bits per heavy atom. The highest BCUT2D eigenvalue weighted by Crippen LogP contribution is 2.52. The number of aliphatic hydroxyl groups is 1. The van der Waals surface area contributed by atoms with Crippen LogP contribution in [-0.4, -0.2) is 149 Å². The molecule has 9 aromatic rings. The Morgan fingerprint density at radius 3 is 1.18 bits per heavy atom. The Hall–Kier alpha value is -13.7. The van der Waals surface area contributed by atoms with E-state index in [1.807, 2.05) is 97.9 Å². The van der Waals surface area contributed by atoms with E-state index in [1.54, 1.807) is 201 Å². The number of likely N-dealkylation sites (tertiary alicyclic amines) is 1. The van der Waals surface area contributed by atoms with E-state index >= 15 is 19.2 Å². The number of esters is 5. The number of aliphatic hydroxyl groups excluding tert-OH is 1. The van der Waals surface area contributed by atoms with Crippen LogP contribution in [0.1, 0.15) is 217 Å². The van der Waals surface area contributed by atoms with Gasteiger partial charge in [-0.05, 0) is 170 Å². The molecule has 15 unspecified atom stereocenters. The molecule has 3 heterocycles. The van der Waals surface area contributed by atoms with Crippen molar-refractivity contribution in [2.75, 3.05) is 46.1 Å². The second-order valence-corrected chi connectivity index (χ2v) is 36.5. The molecule has 0 saturated carbocycles. The van der Waals surface area contributed by atoms with Gasteiger partial charge in [0.2, 0.25) is 23.6 Å². The number of hydrogen-bond donors (Lipinski definition) is 5. The summed E-state index contributed by atoms with van der Waals surface area (Å²) in [5.41, 5.74) is 12.2. The molecule has 15 atom stereocenters. The maximum atomic E-state index is 15.7. The van der Waals surface area contributed by atoms with E-state index in [1.165, 1.54) is 17.0 Å². The van der Waals surface area contributed by atoms with E-state index in [4.69, 9.17) is 29.8 Å². The van der Waals surface area contributed by atoms with E-state index in [2.05, 4.69) is 30.8 Å². The monoisotopic (exact) mass is 1870 g/mol. The number of nitrogens with two attached hydrogens (primary N) is 1. The predicted molar refractivity (Wildman–Crippen MR) is 518 cm³/mol. The van der Waals surface area contributed by atoms with E-state index in [0.29, 0.717) is 61.9 Å². The molecule has 3 aliphatic heterocycles. The van der Waals surface area contributed by atoms with Crippen LogP contribution in [0.3, 0.4) is 0 Å². The van der Waals surface area contributed by atoms with Gasteiger partial charge in [-0.1, -0.05) is 274 Å². The molecule has 6 N–H and O–H groups in total. The average molecular weight is 1870 g/mol. The number of carbonyl (C=O) groups is 14. The van der Waals surface area contributed by atoms with Gasteiger partial charge in [-0.25, -0.2) is 4.79 Å². The van der Waals surface area contributed by atoms with Crippen molar-refractivity contribution in [3.8, 4) is 11.5 Å². The van der Waals surface area contributed by atoms with Crippen molar-refractivity contribution in [3.63, 3.8) is 0 Å². The number of nitrogens with zero attached hydrogens (tertiary/aromatic N) is 1. The van der Waals surface area contributed by atoms with Crippen molar-refractivity contribution >= 4 is 82.6 Å². The van der Waals surface area contributed by atoms with E-state index < -0.39 is 142 Å². The van der Waals surface area contributed by atoms with Crippen LogP contribution in [-0.2, 0) is 62.2 Å². The van der Waals surface area contributed by atoms with Crippen molar-refractivity contribution < 1.29 is 106 Å². The number of aliphatic carboxylic acids is 2. The zero-order valence-corrected chi connectivity index (χ0v) is 79.8. The number of rotatable bonds is 44. The number of hydrogen-bond acceptors (Lipinski definition) is 21. The largest absolute Gasteiger partial charge is 0.491 e. The molecule has 25 heteroatoms. The molecule has 3 fully saturated rings. The zero-order valence-electron chi connectivity index (χ0n) is 79.8. The second kappa shape index (κ2) is 52.4. The molecule has 25 nitrogen and oxygen atoms in total. The number of carboxylic acids is 2. The van der Waals surface area contributed by atoms with Crippen LogP contribution < -0.4 is 20.5 Å². The number of imide groups is 1. The molecule has 0 spiro atoms. The summed E-state index contributed by atoms with van der Waals surface area (Å²) in [6.45, 7) is 25.2. The highest BCUT2D eigenvalue weighted by atomic mass is 16.6. The molecule has 722 valence electrons. The molecule has 0 bridgehead atoms. The second-order valence-electron chi connectivity index (χ2n) is 36.5. The number of Topliss-reactive ketones (excluding diaryl/α,β-unsaturated/α-hetero) is 4. The number of carbonyl (C=O) groups excluding carboxylic acids is 12. The van der Waals surface area contributed by atoms with Gasteiger partial charge in [0.25, 0.3) is 0 Å². The minimum Gasteiger partial charge on any atom is -0.491 e. The van der Waals surface area contributed by atoms with Gasteiger partial charge in [0, 0.05) is 41.3 Å². The summed E-state index contributed by atoms with van der Waals surface area (Å²) in [7, 11) is 0. The summed E-state index contributed by atoms with van der Waals surface area (Å²) in [5, 5.41) is 35.0. The molecular formula is C112H128N3O22+. The summed E-state index contributed by atoms with van der Waals surface area (Å²) in [4.78, 5) is 192. The third-order valence-corrected chi connectivity index (χ3v) is 25.3. The van der Waals surface area contributed by atoms with Crippen molar-refractivity contribution in [1.82, 2.24) is 10.2 Å². The molecule has 0 radical (unpaired) electrons. The Labute approximate surface area is 802 Å². The summed E-state index contributed by atoms with van der Waals surface area (Å²) >= 11 is 0. The lowest BCUT2D eigenvalue weighted by atomic mass is 9.64. The number of ether oxygens (including phenoxy) is 5. The summed E-state index contributed by atoms with van der Waals surface area (Å²) in [6, 6.07) is 71.7. The quantitative estimate of drug-likeness (QED) is 0.00450. The van der Waals surface area contributed by atoms with Gasteiger partial charge in [-0.2, -0.15) is 0 Å². The van der Waals surface area contributed by atoms with Gasteiger partial charge in [-0.3, -0.25) is 67.2 Å². The highest BCUT2D eigenvalue weighted by Gasteiger charge is 2.57. The van der Waals surface area contributed by atoms with Crippen molar-refractivity contribution in [3.05, 3.63) is 317 Å². The van der Waals surface area contributed by atoms with Crippen LogP contribution in [0.5, 0.6) is 11.5 Å². The number of amides is 3. The molecule has 12 rings (SSSR count). The normalized spacial score (nSPS) is 18.1. The van der Waals surface area contributed by atoms with Crippen molar-refractivity contribution in [2.45, 2.75) is 151 Å². The lowest BCUT2D eigenvalue weighted by molar-refractivity contribution is -0.160. The van der Waals surface area contributed by atoms with Crippen LogP contribution in [0.2, 0.25) is 0 Å². The maximum Gasteiger partial charge on any atom is 0.362 e. The van der Waals surface area contributed by atoms with Gasteiger partial charge in [-0.15, -0.1) is 0 Å². The molecule has 3 saturated heterocycles. The average Bonchev–Trinajstić information content (AvgIpc) is 1.61. The summed E-state index contributed by atoms with van der Waals surface area (Å²) in [5.74, 6) is -23.5. The molecule has 9 aromatic carbocycles. The fourth-order valence-electron chi connectivity index (χ4n) is 18.1. The van der Waals surface area contributed by atoms with Gasteiger partial charge >= 0.3 is 41.8 Å². The first kappa shape index (κ1) is 107. The van der Waals surface area contributed by atoms with Gasteiger partial charge in [0.1, 0.15) is 37.2 Å². The Bertz CT molecular complexity index is 5520. The van der Waals surface area contributed by atoms with Crippen LogP contribution in [0.4, 0.5) is 0 Å². The fourth-order valence-corrected chi connectivity index (χ4v) is 18.1. The Kier molecular flexibility index (Phi) is 41.0. The first-order valence-electron chi connectivity index (χ1n) is 47.0. The summed E-state index contributed by atoms with van der Waals surface area (Å²) < 4.78 is 27.0. The molecular weight excluding hydrogens is 1740 g/mol. The van der Waals surface area contributed by atoms with E-state index in [0.717, 1.165) is 29.7 Å². The lowest BCUT2D eigenvalue weighted by Crippen LogP contribution is -2.44. The van der Waals surface area contributed by atoms with Gasteiger partial charge in [0.05, 0.1) is 73.7 Å². The van der Waals surface area contributed by atoms with E-state index in [9.17, 15) is 58.2 Å². The number of carboxylic acid groups (broad SMARTS) is 2. The van der Waals surface area contributed by atoms with Crippen molar-refractivity contribution in [2.24, 2.45) is 82.7 Å². The first-order valence-corrected chi connectivity index (χ1v) is 47.0. The SMILES string of the molecule is CC(C)CN.CCC(c1ccccc1)C(C(=O)OCCOc1ccc(C(=O)CC(=O)c2ccc(C)cc2)cc1)C(CC(c1ccccc1)C1C(=O)N(CC(C)C)C(=O)C1CC(c1ccccc1)C(C(=O)NCC(C)C)C(CC(c1ccccc1)C1C(=O)OC(=O)C1C)C(=O)O)C(=O)O.Cc1ccc(C(=O)CC(=O)c2ccc(OCCO)cc2)cc1.[CH2+]C1C(=O)OC(=O)C1C(CC)c1ccccc1. The number of cyclic esters (lactones) is 4. The number of nitrogens with one attached hydrogen (secondary N) is 1. The van der Waals surface area contributed by atoms with Crippen LogP contribution in [0.25, 0.3) is 0 Å². The first-order chi connectivity index (χ1) is 65.6. The Balaban J connectivity index is 0.000000385. The third-order valence-electron chi connectivity index (χ3n) is 25.3. The topological polar surface area (TPSA) is 387 Å². The zero-order chi connectivity index (χ0) is 99.7. The number of ketones is 4. The number of benzene rings is 9. The molecule has 0 aromatic heterocycles.